The molecule has 7 nitrogen and oxygen atoms in total. The Morgan fingerprint density at radius 3 is 2.00 bits per heavy atom. The molecule has 0 aromatic heterocycles. The van der Waals surface area contributed by atoms with Crippen LogP contribution in [0.2, 0.25) is 20.1 Å². The van der Waals surface area contributed by atoms with Gasteiger partial charge in [0.05, 0.1) is 21.7 Å². The summed E-state index contributed by atoms with van der Waals surface area (Å²) in [5, 5.41) is 15.5. The molecule has 0 aliphatic carbocycles. The zero-order chi connectivity index (χ0) is 30.4. The number of benzene rings is 2. The van der Waals surface area contributed by atoms with Crippen molar-refractivity contribution >= 4 is 63.9 Å². The highest BCUT2D eigenvalue weighted by Crippen LogP contribution is 2.35. The molecule has 42 heavy (non-hydrogen) atoms. The maximum atomic E-state index is 13.5. The number of rotatable bonds is 6. The Hall–Kier alpha value is -1.88. The maximum absolute atomic E-state index is 13.5. The molecule has 3 aliphatic rings. The van der Waals surface area contributed by atoms with Crippen molar-refractivity contribution in [2.24, 2.45) is 0 Å². The number of likely N-dealkylation sites (tertiary alicyclic amines) is 3. The molecular formula is C29H32Cl4F2N4O3. The van der Waals surface area contributed by atoms with Gasteiger partial charge in [-0.2, -0.15) is 0 Å². The minimum absolute atomic E-state index is 0.0421. The molecule has 13 heteroatoms. The fourth-order valence-electron chi connectivity index (χ4n) is 5.89. The molecule has 2 aromatic rings. The lowest BCUT2D eigenvalue weighted by Crippen LogP contribution is -2.61. The summed E-state index contributed by atoms with van der Waals surface area (Å²) in [7, 11) is 0. The zero-order valence-electron chi connectivity index (χ0n) is 23.0. The van der Waals surface area contributed by atoms with Crippen LogP contribution in [0, 0.1) is 0 Å². The van der Waals surface area contributed by atoms with E-state index in [1.807, 2.05) is 0 Å². The molecule has 0 spiro atoms. The van der Waals surface area contributed by atoms with E-state index in [1.54, 1.807) is 35.2 Å². The third-order valence-electron chi connectivity index (χ3n) is 8.43. The number of carbonyl (C=O) groups is 2. The molecule has 3 heterocycles. The van der Waals surface area contributed by atoms with Crippen LogP contribution in [0.25, 0.3) is 0 Å². The van der Waals surface area contributed by atoms with Crippen LogP contribution in [-0.2, 0) is 10.4 Å². The van der Waals surface area contributed by atoms with Crippen LogP contribution in [0.3, 0.4) is 0 Å². The number of carbonyl (C=O) groups excluding carboxylic acids is 2. The van der Waals surface area contributed by atoms with E-state index >= 15 is 0 Å². The second-order valence-electron chi connectivity index (χ2n) is 11.5. The predicted molar refractivity (Wildman–Crippen MR) is 161 cm³/mol. The van der Waals surface area contributed by atoms with Crippen molar-refractivity contribution < 1.29 is 23.5 Å². The summed E-state index contributed by atoms with van der Waals surface area (Å²) in [5.41, 5.74) is -0.570. The van der Waals surface area contributed by atoms with Gasteiger partial charge in [-0.25, -0.2) is 8.78 Å². The van der Waals surface area contributed by atoms with Crippen LogP contribution in [0.1, 0.15) is 48.5 Å². The predicted octanol–water partition coefficient (Wildman–Crippen LogP) is 6.17. The molecule has 3 saturated heterocycles. The summed E-state index contributed by atoms with van der Waals surface area (Å²) in [6.45, 7) is 4.00. The number of hydrogen-bond donors (Lipinski definition) is 2. The number of nitrogens with zero attached hydrogens (tertiary/aromatic N) is 3. The van der Waals surface area contributed by atoms with Gasteiger partial charge in [0.25, 0.3) is 17.7 Å². The van der Waals surface area contributed by atoms with E-state index < -0.39 is 17.4 Å². The highest BCUT2D eigenvalue weighted by atomic mass is 35.5. The van der Waals surface area contributed by atoms with Crippen molar-refractivity contribution in [3.8, 4) is 0 Å². The van der Waals surface area contributed by atoms with Gasteiger partial charge in [-0.1, -0.05) is 46.4 Å². The average molecular weight is 664 g/mol. The molecule has 3 aliphatic heterocycles. The van der Waals surface area contributed by atoms with Gasteiger partial charge in [-0.05, 0) is 55.7 Å². The Labute approximate surface area is 263 Å². The van der Waals surface area contributed by atoms with Crippen molar-refractivity contribution in [2.45, 2.75) is 56.2 Å². The van der Waals surface area contributed by atoms with Crippen molar-refractivity contribution in [3.63, 3.8) is 0 Å². The largest absolute Gasteiger partial charge is 0.380 e. The quantitative estimate of drug-likeness (QED) is 0.387. The number of amides is 2. The smallest absolute Gasteiger partial charge is 0.258 e. The minimum Gasteiger partial charge on any atom is -0.380 e. The molecule has 2 amide bonds. The SMILES string of the molecule is C[C@@](O)(C(=O)N1CCC(N2CC(Nc3cc(Cl)c(C(=O)N4CCC(F)(F)CC4)c(Cl)c3)C2)CC1)c1cc(Cl)cc(Cl)c1. The molecule has 0 bridgehead atoms. The molecule has 228 valence electrons. The minimum atomic E-state index is -2.75. The lowest BCUT2D eigenvalue weighted by molar-refractivity contribution is -0.152. The van der Waals surface area contributed by atoms with Gasteiger partial charge in [0.1, 0.15) is 0 Å². The van der Waals surface area contributed by atoms with Crippen LogP contribution in [0.5, 0.6) is 0 Å². The molecule has 0 saturated carbocycles. The summed E-state index contributed by atoms with van der Waals surface area (Å²) in [4.78, 5) is 31.5. The number of nitrogens with one attached hydrogen (secondary N) is 1. The van der Waals surface area contributed by atoms with Crippen LogP contribution in [-0.4, -0.2) is 88.9 Å². The first kappa shape index (κ1) is 31.5. The lowest BCUT2D eigenvalue weighted by Gasteiger charge is -2.48. The van der Waals surface area contributed by atoms with Gasteiger partial charge in [-0.15, -0.1) is 0 Å². The molecule has 2 N–H and O–H groups in total. The number of piperidine rings is 2. The van der Waals surface area contributed by atoms with Gasteiger partial charge >= 0.3 is 0 Å². The number of anilines is 1. The molecule has 0 radical (unpaired) electrons. The van der Waals surface area contributed by atoms with Crippen LogP contribution >= 0.6 is 46.4 Å². The topological polar surface area (TPSA) is 76.1 Å². The monoisotopic (exact) mass is 662 g/mol. The Morgan fingerprint density at radius 1 is 0.905 bits per heavy atom. The second-order valence-corrected chi connectivity index (χ2v) is 13.2. The number of halogens is 6. The first-order chi connectivity index (χ1) is 19.7. The zero-order valence-corrected chi connectivity index (χ0v) is 26.0. The summed E-state index contributed by atoms with van der Waals surface area (Å²) in [6, 6.07) is 8.40. The van der Waals surface area contributed by atoms with Gasteiger partial charge in [-0.3, -0.25) is 14.5 Å². The van der Waals surface area contributed by atoms with Crippen LogP contribution in [0.4, 0.5) is 14.5 Å². The van der Waals surface area contributed by atoms with E-state index in [0.717, 1.165) is 25.9 Å². The number of aliphatic hydroxyl groups is 1. The van der Waals surface area contributed by atoms with E-state index in [2.05, 4.69) is 10.2 Å². The van der Waals surface area contributed by atoms with Gasteiger partial charge in [0.2, 0.25) is 0 Å². The number of hydrogen-bond acceptors (Lipinski definition) is 5. The third-order valence-corrected chi connectivity index (χ3v) is 9.46. The second kappa shape index (κ2) is 12.3. The number of alkyl halides is 2. The first-order valence-electron chi connectivity index (χ1n) is 13.9. The van der Waals surface area contributed by atoms with Crippen molar-refractivity contribution in [2.75, 3.05) is 44.6 Å². The van der Waals surface area contributed by atoms with Crippen LogP contribution < -0.4 is 5.32 Å². The fourth-order valence-corrected chi connectivity index (χ4v) is 7.07. The Balaban J connectivity index is 1.11. The summed E-state index contributed by atoms with van der Waals surface area (Å²) in [6.07, 6.45) is 0.810. The van der Waals surface area contributed by atoms with Gasteiger partial charge in [0.15, 0.2) is 5.60 Å². The highest BCUT2D eigenvalue weighted by molar-refractivity contribution is 6.40. The third kappa shape index (κ3) is 6.76. The molecule has 5 rings (SSSR count). The van der Waals surface area contributed by atoms with E-state index in [1.165, 1.54) is 11.8 Å². The van der Waals surface area contributed by atoms with Gasteiger partial charge < -0.3 is 20.2 Å². The van der Waals surface area contributed by atoms with Crippen molar-refractivity contribution in [1.82, 2.24) is 14.7 Å². The van der Waals surface area contributed by atoms with E-state index in [4.69, 9.17) is 46.4 Å². The summed E-state index contributed by atoms with van der Waals surface area (Å²) >= 11 is 25.0. The summed E-state index contributed by atoms with van der Waals surface area (Å²) in [5.74, 6) is -3.57. The fraction of sp³-hybridized carbons (Fsp3) is 0.517. The lowest BCUT2D eigenvalue weighted by atomic mass is 9.92. The summed E-state index contributed by atoms with van der Waals surface area (Å²) < 4.78 is 27.0. The molecular weight excluding hydrogens is 632 g/mol. The van der Waals surface area contributed by atoms with Crippen molar-refractivity contribution in [1.29, 1.82) is 0 Å². The van der Waals surface area contributed by atoms with Crippen molar-refractivity contribution in [3.05, 3.63) is 61.5 Å². The maximum Gasteiger partial charge on any atom is 0.258 e. The van der Waals surface area contributed by atoms with Crippen LogP contribution in [0.15, 0.2) is 30.3 Å². The van der Waals surface area contributed by atoms with Gasteiger partial charge in [0, 0.05) is 73.9 Å². The standard InChI is InChI=1S/C29H32Cl4F2N4O3/c1-28(42,17-10-18(30)12-19(31)11-17)27(41)38-6-2-22(3-7-38)39-15-21(16-39)36-20-13-23(32)25(24(33)14-20)26(40)37-8-4-29(34,35)5-9-37/h10-14,21-22,36,42H,2-9,15-16H2,1H3/t28-/m0/s1. The van der Waals surface area contributed by atoms with E-state index in [9.17, 15) is 23.5 Å². The average Bonchev–Trinajstić information content (AvgIpc) is 2.89. The molecule has 0 unspecified atom stereocenters. The normalized spacial score (nSPS) is 21.5. The Bertz CT molecular complexity index is 1310. The highest BCUT2D eigenvalue weighted by Gasteiger charge is 2.41. The van der Waals surface area contributed by atoms with E-state index in [0.29, 0.717) is 40.4 Å². The Morgan fingerprint density at radius 2 is 1.45 bits per heavy atom. The molecule has 3 fully saturated rings. The molecule has 2 aromatic carbocycles. The Kier molecular flexibility index (Phi) is 9.20. The molecule has 1 atom stereocenters. The first-order valence-corrected chi connectivity index (χ1v) is 15.4. The van der Waals surface area contributed by atoms with E-state index in [-0.39, 0.29) is 53.5 Å².